The second kappa shape index (κ2) is 10.8. The Balaban J connectivity index is 1.64. The van der Waals surface area contributed by atoms with Crippen LogP contribution in [0.1, 0.15) is 16.7 Å². The maximum absolute atomic E-state index is 13.8. The predicted octanol–water partition coefficient (Wildman–Crippen LogP) is 5.75. The molecular weight excluding hydrogens is 453 g/mol. The number of hydrogen-bond acceptors (Lipinski definition) is 4. The quantitative estimate of drug-likeness (QED) is 0.271. The third-order valence-corrected chi connectivity index (χ3v) is 5.24. The zero-order chi connectivity index (χ0) is 20.5. The van der Waals surface area contributed by atoms with E-state index in [9.17, 15) is 4.39 Å². The predicted molar refractivity (Wildman–Crippen MR) is 122 cm³/mol. The standard InChI is InChI=1S/C22H19BrFN3OS/c23-19-10-11-21(28-14-17-8-4-5-9-20(17)24)18(12-19)13-26-27-22(25)29-15-16-6-2-1-3-7-16/h1-13H,14-15H2,(H2,25,27). The van der Waals surface area contributed by atoms with E-state index in [4.69, 9.17) is 10.5 Å². The van der Waals surface area contributed by atoms with Crippen LogP contribution in [0.15, 0.2) is 87.5 Å². The Bertz CT molecular complexity index is 1010. The number of hydrogen-bond donors (Lipinski definition) is 1. The van der Waals surface area contributed by atoms with Crippen molar-refractivity contribution in [2.75, 3.05) is 0 Å². The summed E-state index contributed by atoms with van der Waals surface area (Å²) in [4.78, 5) is 0. The number of halogens is 2. The molecule has 0 fully saturated rings. The number of amidine groups is 1. The molecule has 3 aromatic carbocycles. The number of nitrogens with zero attached hydrogens (tertiary/aromatic N) is 2. The molecule has 0 aliphatic rings. The van der Waals surface area contributed by atoms with Crippen LogP contribution in [0, 0.1) is 5.82 Å². The van der Waals surface area contributed by atoms with E-state index in [-0.39, 0.29) is 12.4 Å². The van der Waals surface area contributed by atoms with Gasteiger partial charge in [0.15, 0.2) is 5.17 Å². The Kier molecular flexibility index (Phi) is 7.84. The Hall–Kier alpha value is -2.64. The number of benzene rings is 3. The molecule has 4 nitrogen and oxygen atoms in total. The van der Waals surface area contributed by atoms with Crippen molar-refractivity contribution < 1.29 is 9.13 Å². The third-order valence-electron chi connectivity index (χ3n) is 3.90. The number of ether oxygens (including phenoxy) is 1. The van der Waals surface area contributed by atoms with Crippen molar-refractivity contribution in [3.05, 3.63) is 99.8 Å². The molecule has 0 aromatic heterocycles. The Morgan fingerprint density at radius 3 is 2.62 bits per heavy atom. The molecule has 148 valence electrons. The molecule has 0 aliphatic carbocycles. The monoisotopic (exact) mass is 471 g/mol. The van der Waals surface area contributed by atoms with Crippen LogP contribution in [0.2, 0.25) is 0 Å². The van der Waals surface area contributed by atoms with Gasteiger partial charge in [0.1, 0.15) is 18.2 Å². The summed E-state index contributed by atoms with van der Waals surface area (Å²) in [5.74, 6) is 0.998. The van der Waals surface area contributed by atoms with Gasteiger partial charge in [-0.2, -0.15) is 5.10 Å². The van der Waals surface area contributed by atoms with Crippen LogP contribution >= 0.6 is 27.7 Å². The summed E-state index contributed by atoms with van der Waals surface area (Å²) < 4.78 is 20.4. The summed E-state index contributed by atoms with van der Waals surface area (Å²) >= 11 is 4.85. The molecule has 3 aromatic rings. The van der Waals surface area contributed by atoms with Crippen LogP contribution in [-0.2, 0) is 12.4 Å². The number of thioether (sulfide) groups is 1. The van der Waals surface area contributed by atoms with E-state index in [2.05, 4.69) is 26.1 Å². The highest BCUT2D eigenvalue weighted by Crippen LogP contribution is 2.23. The van der Waals surface area contributed by atoms with E-state index >= 15 is 0 Å². The van der Waals surface area contributed by atoms with Crippen molar-refractivity contribution in [2.45, 2.75) is 12.4 Å². The molecule has 2 N–H and O–H groups in total. The lowest BCUT2D eigenvalue weighted by Crippen LogP contribution is -2.06. The van der Waals surface area contributed by atoms with Gasteiger partial charge in [-0.1, -0.05) is 76.2 Å². The van der Waals surface area contributed by atoms with E-state index in [0.717, 1.165) is 15.8 Å². The average Bonchev–Trinajstić information content (AvgIpc) is 2.73. The topological polar surface area (TPSA) is 60.0 Å². The normalized spacial score (nSPS) is 11.7. The molecule has 0 atom stereocenters. The van der Waals surface area contributed by atoms with Gasteiger partial charge in [-0.25, -0.2) is 4.39 Å². The smallest absolute Gasteiger partial charge is 0.180 e. The molecule has 0 saturated heterocycles. The second-order valence-corrected chi connectivity index (χ2v) is 7.93. The highest BCUT2D eigenvalue weighted by Gasteiger charge is 2.06. The molecular formula is C22H19BrFN3OS. The van der Waals surface area contributed by atoms with Gasteiger partial charge in [-0.3, -0.25) is 0 Å². The van der Waals surface area contributed by atoms with Crippen LogP contribution in [-0.4, -0.2) is 11.4 Å². The fourth-order valence-corrected chi connectivity index (χ4v) is 3.42. The first kappa shape index (κ1) is 21.1. The molecule has 29 heavy (non-hydrogen) atoms. The first-order valence-corrected chi connectivity index (χ1v) is 10.6. The average molecular weight is 472 g/mol. The van der Waals surface area contributed by atoms with Crippen molar-refractivity contribution in [2.24, 2.45) is 15.9 Å². The summed E-state index contributed by atoms with van der Waals surface area (Å²) in [5, 5.41) is 8.47. The molecule has 0 aliphatic heterocycles. The van der Waals surface area contributed by atoms with Gasteiger partial charge in [0.2, 0.25) is 0 Å². The minimum absolute atomic E-state index is 0.119. The zero-order valence-corrected chi connectivity index (χ0v) is 17.9. The van der Waals surface area contributed by atoms with Crippen molar-refractivity contribution in [1.82, 2.24) is 0 Å². The molecule has 0 unspecified atom stereocenters. The number of rotatable bonds is 7. The first-order valence-electron chi connectivity index (χ1n) is 8.81. The maximum Gasteiger partial charge on any atom is 0.180 e. The van der Waals surface area contributed by atoms with Crippen molar-refractivity contribution in [3.8, 4) is 5.75 Å². The molecule has 0 saturated carbocycles. The summed E-state index contributed by atoms with van der Waals surface area (Å²) in [5.41, 5.74) is 8.28. The molecule has 0 radical (unpaired) electrons. The fraction of sp³-hybridized carbons (Fsp3) is 0.0909. The Labute approximate surface area is 181 Å². The lowest BCUT2D eigenvalue weighted by molar-refractivity contribution is 0.299. The summed E-state index contributed by atoms with van der Waals surface area (Å²) in [6.45, 7) is 0.119. The third kappa shape index (κ3) is 6.73. The van der Waals surface area contributed by atoms with Gasteiger partial charge in [0, 0.05) is 21.4 Å². The van der Waals surface area contributed by atoms with E-state index in [0.29, 0.717) is 22.0 Å². The second-order valence-electron chi connectivity index (χ2n) is 6.02. The molecule has 0 spiro atoms. The molecule has 0 bridgehead atoms. The maximum atomic E-state index is 13.8. The highest BCUT2D eigenvalue weighted by molar-refractivity contribution is 9.10. The van der Waals surface area contributed by atoms with E-state index < -0.39 is 0 Å². The van der Waals surface area contributed by atoms with Crippen molar-refractivity contribution in [3.63, 3.8) is 0 Å². The molecule has 3 rings (SSSR count). The van der Waals surface area contributed by atoms with Crippen LogP contribution < -0.4 is 10.5 Å². The van der Waals surface area contributed by atoms with Gasteiger partial charge in [0.25, 0.3) is 0 Å². The van der Waals surface area contributed by atoms with Gasteiger partial charge in [0.05, 0.1) is 6.21 Å². The lowest BCUT2D eigenvalue weighted by atomic mass is 10.2. The van der Waals surface area contributed by atoms with Gasteiger partial charge in [-0.05, 0) is 29.8 Å². The SMILES string of the molecule is NC(=NN=Cc1cc(Br)ccc1OCc1ccccc1F)SCc1ccccc1. The van der Waals surface area contributed by atoms with Crippen LogP contribution in [0.5, 0.6) is 5.75 Å². The van der Waals surface area contributed by atoms with E-state index in [1.54, 1.807) is 30.5 Å². The van der Waals surface area contributed by atoms with Gasteiger partial charge >= 0.3 is 0 Å². The van der Waals surface area contributed by atoms with Gasteiger partial charge < -0.3 is 10.5 Å². The largest absolute Gasteiger partial charge is 0.488 e. The minimum atomic E-state index is -0.298. The molecule has 0 amide bonds. The first-order chi connectivity index (χ1) is 14.1. The highest BCUT2D eigenvalue weighted by atomic mass is 79.9. The summed E-state index contributed by atoms with van der Waals surface area (Å²) in [6.07, 6.45) is 1.57. The Morgan fingerprint density at radius 1 is 1.07 bits per heavy atom. The Morgan fingerprint density at radius 2 is 1.83 bits per heavy atom. The van der Waals surface area contributed by atoms with E-state index in [1.807, 2.05) is 42.5 Å². The minimum Gasteiger partial charge on any atom is -0.488 e. The van der Waals surface area contributed by atoms with Crippen LogP contribution in [0.3, 0.4) is 0 Å². The number of nitrogens with two attached hydrogens (primary N) is 1. The fourth-order valence-electron chi connectivity index (χ4n) is 2.43. The molecule has 0 heterocycles. The van der Waals surface area contributed by atoms with Crippen molar-refractivity contribution >= 4 is 39.1 Å². The summed E-state index contributed by atoms with van der Waals surface area (Å²) in [6, 6.07) is 22.0. The van der Waals surface area contributed by atoms with Crippen LogP contribution in [0.25, 0.3) is 0 Å². The van der Waals surface area contributed by atoms with Gasteiger partial charge in [-0.15, -0.1) is 5.10 Å². The van der Waals surface area contributed by atoms with E-state index in [1.165, 1.54) is 17.8 Å². The van der Waals surface area contributed by atoms with Crippen LogP contribution in [0.4, 0.5) is 4.39 Å². The zero-order valence-electron chi connectivity index (χ0n) is 15.5. The summed E-state index contributed by atoms with van der Waals surface area (Å²) in [7, 11) is 0. The van der Waals surface area contributed by atoms with Crippen molar-refractivity contribution in [1.29, 1.82) is 0 Å². The lowest BCUT2D eigenvalue weighted by Gasteiger charge is -2.10. The molecule has 7 heteroatoms.